The van der Waals surface area contributed by atoms with Gasteiger partial charge in [0.1, 0.15) is 17.7 Å². The summed E-state index contributed by atoms with van der Waals surface area (Å²) in [5.41, 5.74) is 7.34. The van der Waals surface area contributed by atoms with E-state index in [1.807, 2.05) is 12.3 Å². The lowest BCUT2D eigenvalue weighted by molar-refractivity contribution is 0.0913. The molecule has 2 N–H and O–H groups in total. The maximum Gasteiger partial charge on any atom is 0.404 e. The van der Waals surface area contributed by atoms with Crippen molar-refractivity contribution in [3.63, 3.8) is 0 Å². The molecule has 0 radical (unpaired) electrons. The monoisotopic (exact) mass is 363 g/mol. The predicted octanol–water partition coefficient (Wildman–Crippen LogP) is 2.03. The number of amides is 1. The van der Waals surface area contributed by atoms with Crippen molar-refractivity contribution >= 4 is 33.2 Å². The van der Waals surface area contributed by atoms with E-state index in [2.05, 4.69) is 32.0 Å². The van der Waals surface area contributed by atoms with Crippen molar-refractivity contribution in [2.24, 2.45) is 5.73 Å². The molecule has 0 spiro atoms. The predicted molar refractivity (Wildman–Crippen MR) is 83.5 cm³/mol. The molecule has 0 saturated carbocycles. The van der Waals surface area contributed by atoms with E-state index < -0.39 is 6.09 Å². The summed E-state index contributed by atoms with van der Waals surface area (Å²) in [6.45, 7) is 1.44. The summed E-state index contributed by atoms with van der Waals surface area (Å²) in [6.07, 6.45) is 3.93. The van der Waals surface area contributed by atoms with Gasteiger partial charge in [0, 0.05) is 36.6 Å². The van der Waals surface area contributed by atoms with E-state index in [0.29, 0.717) is 18.4 Å². The Bertz CT molecular complexity index is 758. The Morgan fingerprint density at radius 1 is 1.50 bits per heavy atom. The number of nitriles is 1. The Labute approximate surface area is 135 Å². The molecule has 3 heterocycles. The van der Waals surface area contributed by atoms with Gasteiger partial charge < -0.3 is 15.4 Å². The van der Waals surface area contributed by atoms with Crippen LogP contribution in [0.15, 0.2) is 22.9 Å². The van der Waals surface area contributed by atoms with E-state index >= 15 is 0 Å². The largest absolute Gasteiger partial charge is 0.446 e. The highest BCUT2D eigenvalue weighted by atomic mass is 79.9. The summed E-state index contributed by atoms with van der Waals surface area (Å²) in [5.74, 6) is 0. The van der Waals surface area contributed by atoms with E-state index in [4.69, 9.17) is 10.5 Å². The minimum absolute atomic E-state index is 0.141. The van der Waals surface area contributed by atoms with Crippen LogP contribution in [0.25, 0.3) is 5.52 Å². The SMILES string of the molecule is N#Cc1cnn2cc(Br)cc(N3CCC(OC(N)=O)CC3)c12. The molecule has 114 valence electrons. The van der Waals surface area contributed by atoms with Crippen LogP contribution in [0.1, 0.15) is 18.4 Å². The summed E-state index contributed by atoms with van der Waals surface area (Å²) >= 11 is 3.47. The normalized spacial score (nSPS) is 15.7. The third-order valence-electron chi connectivity index (χ3n) is 3.74. The lowest BCUT2D eigenvalue weighted by atomic mass is 10.1. The average molecular weight is 364 g/mol. The van der Waals surface area contributed by atoms with Gasteiger partial charge in [-0.2, -0.15) is 10.4 Å². The number of piperidine rings is 1. The van der Waals surface area contributed by atoms with Crippen molar-refractivity contribution in [2.75, 3.05) is 18.0 Å². The number of carbonyl (C=O) groups excluding carboxylic acids is 1. The summed E-state index contributed by atoms with van der Waals surface area (Å²) in [6, 6.07) is 4.15. The van der Waals surface area contributed by atoms with Crippen molar-refractivity contribution in [2.45, 2.75) is 18.9 Å². The summed E-state index contributed by atoms with van der Waals surface area (Å²) < 4.78 is 7.64. The Kier molecular flexibility index (Phi) is 3.90. The zero-order valence-corrected chi connectivity index (χ0v) is 13.3. The fraction of sp³-hybridized carbons (Fsp3) is 0.357. The Balaban J connectivity index is 1.90. The molecule has 0 aromatic carbocycles. The smallest absolute Gasteiger partial charge is 0.404 e. The molecule has 0 atom stereocenters. The van der Waals surface area contributed by atoms with Crippen molar-refractivity contribution in [3.8, 4) is 6.07 Å². The molecule has 0 bridgehead atoms. The number of halogens is 1. The molecule has 1 fully saturated rings. The number of anilines is 1. The van der Waals surface area contributed by atoms with Crippen LogP contribution in [-0.4, -0.2) is 34.9 Å². The highest BCUT2D eigenvalue weighted by Gasteiger charge is 2.24. The highest BCUT2D eigenvalue weighted by molar-refractivity contribution is 9.10. The molecule has 7 nitrogen and oxygen atoms in total. The standard InChI is InChI=1S/C14H14BrN5O2/c15-10-5-12(13-9(6-16)7-18-20(13)8-10)19-3-1-11(2-4-19)22-14(17)21/h5,7-8,11H,1-4H2,(H2,17,21). The molecule has 1 aliphatic rings. The van der Waals surface area contributed by atoms with Gasteiger partial charge in [-0.1, -0.05) is 0 Å². The van der Waals surface area contributed by atoms with Gasteiger partial charge in [-0.15, -0.1) is 0 Å². The van der Waals surface area contributed by atoms with Crippen LogP contribution in [0.5, 0.6) is 0 Å². The quantitative estimate of drug-likeness (QED) is 0.880. The molecule has 2 aromatic rings. The van der Waals surface area contributed by atoms with Crippen LogP contribution in [0, 0.1) is 11.3 Å². The summed E-state index contributed by atoms with van der Waals surface area (Å²) in [4.78, 5) is 13.0. The number of nitrogens with zero attached hydrogens (tertiary/aromatic N) is 4. The molecule has 3 rings (SSSR count). The Morgan fingerprint density at radius 3 is 2.86 bits per heavy atom. The minimum atomic E-state index is -0.731. The van der Waals surface area contributed by atoms with Gasteiger partial charge in [0.05, 0.1) is 17.4 Å². The fourth-order valence-electron chi connectivity index (χ4n) is 2.77. The number of aromatic nitrogens is 2. The van der Waals surface area contributed by atoms with Crippen LogP contribution in [0.3, 0.4) is 0 Å². The number of fused-ring (bicyclic) bond motifs is 1. The lowest BCUT2D eigenvalue weighted by Crippen LogP contribution is -2.38. The lowest BCUT2D eigenvalue weighted by Gasteiger charge is -2.33. The summed E-state index contributed by atoms with van der Waals surface area (Å²) in [5, 5.41) is 13.5. The molecule has 1 saturated heterocycles. The first-order chi connectivity index (χ1) is 10.6. The van der Waals surface area contributed by atoms with Gasteiger partial charge in [-0.05, 0) is 22.0 Å². The molecule has 0 aliphatic carbocycles. The van der Waals surface area contributed by atoms with Crippen molar-refractivity contribution in [1.29, 1.82) is 5.26 Å². The zero-order valence-electron chi connectivity index (χ0n) is 11.7. The second kappa shape index (κ2) is 5.85. The third kappa shape index (κ3) is 2.72. The number of rotatable bonds is 2. The maximum atomic E-state index is 10.8. The van der Waals surface area contributed by atoms with E-state index in [9.17, 15) is 10.1 Å². The molecule has 22 heavy (non-hydrogen) atoms. The van der Waals surface area contributed by atoms with Gasteiger partial charge in [0.25, 0.3) is 0 Å². The zero-order chi connectivity index (χ0) is 15.7. The number of primary amides is 1. The number of hydrogen-bond acceptors (Lipinski definition) is 5. The van der Waals surface area contributed by atoms with E-state index in [-0.39, 0.29) is 6.10 Å². The van der Waals surface area contributed by atoms with Gasteiger partial charge in [-0.25, -0.2) is 9.31 Å². The molecule has 1 amide bonds. The second-order valence-corrected chi connectivity index (χ2v) is 6.05. The minimum Gasteiger partial charge on any atom is -0.446 e. The van der Waals surface area contributed by atoms with E-state index in [1.54, 1.807) is 10.7 Å². The number of pyridine rings is 1. The van der Waals surface area contributed by atoms with Crippen LogP contribution in [-0.2, 0) is 4.74 Å². The number of carbonyl (C=O) groups is 1. The maximum absolute atomic E-state index is 10.8. The van der Waals surface area contributed by atoms with Crippen LogP contribution in [0.2, 0.25) is 0 Å². The van der Waals surface area contributed by atoms with Gasteiger partial charge in [-0.3, -0.25) is 0 Å². The van der Waals surface area contributed by atoms with E-state index in [1.165, 1.54) is 0 Å². The topological polar surface area (TPSA) is 96.7 Å². The molecular weight excluding hydrogens is 350 g/mol. The highest BCUT2D eigenvalue weighted by Crippen LogP contribution is 2.30. The molecule has 2 aromatic heterocycles. The fourth-order valence-corrected chi connectivity index (χ4v) is 3.18. The Hall–Kier alpha value is -2.27. The first-order valence-electron chi connectivity index (χ1n) is 6.86. The van der Waals surface area contributed by atoms with Crippen LogP contribution in [0.4, 0.5) is 10.5 Å². The van der Waals surface area contributed by atoms with Gasteiger partial charge in [0.15, 0.2) is 0 Å². The molecule has 8 heteroatoms. The second-order valence-electron chi connectivity index (χ2n) is 5.13. The van der Waals surface area contributed by atoms with Gasteiger partial charge >= 0.3 is 6.09 Å². The number of hydrogen-bond donors (Lipinski definition) is 1. The van der Waals surface area contributed by atoms with Crippen molar-refractivity contribution < 1.29 is 9.53 Å². The van der Waals surface area contributed by atoms with Crippen LogP contribution >= 0.6 is 15.9 Å². The van der Waals surface area contributed by atoms with E-state index in [0.717, 1.165) is 28.8 Å². The van der Waals surface area contributed by atoms with Gasteiger partial charge in [0.2, 0.25) is 0 Å². The number of nitrogens with two attached hydrogens (primary N) is 1. The average Bonchev–Trinajstić information content (AvgIpc) is 2.89. The van der Waals surface area contributed by atoms with Crippen LogP contribution < -0.4 is 10.6 Å². The summed E-state index contributed by atoms with van der Waals surface area (Å²) in [7, 11) is 0. The van der Waals surface area contributed by atoms with Crippen molar-refractivity contribution in [3.05, 3.63) is 28.5 Å². The molecule has 1 aliphatic heterocycles. The molecular formula is C14H14BrN5O2. The first-order valence-corrected chi connectivity index (χ1v) is 7.66. The first kappa shape index (κ1) is 14.7. The van der Waals surface area contributed by atoms with Crippen molar-refractivity contribution in [1.82, 2.24) is 9.61 Å². The molecule has 0 unspecified atom stereocenters. The Morgan fingerprint density at radius 2 is 2.23 bits per heavy atom. The number of ether oxygens (including phenoxy) is 1. The third-order valence-corrected chi connectivity index (χ3v) is 4.18.